The second kappa shape index (κ2) is 4.29. The van der Waals surface area contributed by atoms with Crippen molar-refractivity contribution in [2.45, 2.75) is 38.8 Å². The van der Waals surface area contributed by atoms with Crippen LogP contribution in [0.15, 0.2) is 16.6 Å². The summed E-state index contributed by atoms with van der Waals surface area (Å²) in [5, 5.41) is 0. The van der Waals surface area contributed by atoms with Crippen LogP contribution < -0.4 is 4.74 Å². The Labute approximate surface area is 112 Å². The zero-order valence-corrected chi connectivity index (χ0v) is 12.8. The molecule has 1 unspecified atom stereocenters. The van der Waals surface area contributed by atoms with Crippen molar-refractivity contribution in [3.8, 4) is 5.75 Å². The molecule has 0 fully saturated rings. The Morgan fingerprint density at radius 1 is 1.35 bits per heavy atom. The fraction of sp³-hybridized carbons (Fsp3) is 0.571. The van der Waals surface area contributed by atoms with Gasteiger partial charge in [0, 0.05) is 22.5 Å². The predicted octanol–water partition coefficient (Wildman–Crippen LogP) is 3.92. The van der Waals surface area contributed by atoms with Crippen molar-refractivity contribution in [3.05, 3.63) is 27.7 Å². The number of hydrogen-bond donors (Lipinski definition) is 0. The summed E-state index contributed by atoms with van der Waals surface area (Å²) in [7, 11) is 4.26. The number of benzene rings is 1. The van der Waals surface area contributed by atoms with Gasteiger partial charge in [0.05, 0.1) is 0 Å². The molecule has 0 radical (unpaired) electrons. The second-order valence-corrected chi connectivity index (χ2v) is 6.54. The fourth-order valence-electron chi connectivity index (χ4n) is 2.41. The van der Waals surface area contributed by atoms with E-state index in [1.165, 1.54) is 11.1 Å². The second-order valence-electron chi connectivity index (χ2n) is 5.68. The number of fused-ring (bicyclic) bond motifs is 1. The van der Waals surface area contributed by atoms with Crippen molar-refractivity contribution in [1.82, 2.24) is 4.90 Å². The molecule has 3 heteroatoms. The van der Waals surface area contributed by atoms with Gasteiger partial charge in [0.25, 0.3) is 0 Å². The van der Waals surface area contributed by atoms with E-state index in [0.29, 0.717) is 6.04 Å². The molecule has 1 aliphatic heterocycles. The normalized spacial score (nSPS) is 22.2. The number of rotatable bonds is 1. The maximum atomic E-state index is 6.08. The summed E-state index contributed by atoms with van der Waals surface area (Å²) >= 11 is 3.58. The van der Waals surface area contributed by atoms with E-state index in [4.69, 9.17) is 4.74 Å². The molecule has 1 atom stereocenters. The number of hydrogen-bond acceptors (Lipinski definition) is 2. The van der Waals surface area contributed by atoms with Gasteiger partial charge in [-0.25, -0.2) is 0 Å². The molecule has 0 saturated carbocycles. The van der Waals surface area contributed by atoms with Crippen LogP contribution in [0.25, 0.3) is 0 Å². The van der Waals surface area contributed by atoms with Gasteiger partial charge in [-0.05, 0) is 52.6 Å². The van der Waals surface area contributed by atoms with Crippen LogP contribution in [0.2, 0.25) is 0 Å². The number of halogens is 1. The Bertz CT molecular complexity index is 440. The summed E-state index contributed by atoms with van der Waals surface area (Å²) in [5.41, 5.74) is 2.46. The molecule has 0 aromatic heterocycles. The van der Waals surface area contributed by atoms with Crippen LogP contribution in [0.1, 0.15) is 37.4 Å². The van der Waals surface area contributed by atoms with Gasteiger partial charge in [-0.2, -0.15) is 0 Å². The van der Waals surface area contributed by atoms with Gasteiger partial charge in [0.1, 0.15) is 11.4 Å². The highest BCUT2D eigenvalue weighted by Crippen LogP contribution is 2.43. The molecule has 1 aromatic rings. The van der Waals surface area contributed by atoms with Crippen molar-refractivity contribution in [2.75, 3.05) is 14.1 Å². The summed E-state index contributed by atoms with van der Waals surface area (Å²) < 4.78 is 7.20. The van der Waals surface area contributed by atoms with E-state index in [2.05, 4.69) is 67.8 Å². The largest absolute Gasteiger partial charge is 0.487 e. The van der Waals surface area contributed by atoms with Gasteiger partial charge in [0.2, 0.25) is 0 Å². The third-order valence-corrected chi connectivity index (χ3v) is 4.20. The molecule has 0 saturated heterocycles. The number of aryl methyl sites for hydroxylation is 1. The molecule has 2 nitrogen and oxygen atoms in total. The first kappa shape index (κ1) is 12.9. The monoisotopic (exact) mass is 297 g/mol. The molecular formula is C14H20BrNO. The summed E-state index contributed by atoms with van der Waals surface area (Å²) in [6, 6.07) is 4.77. The topological polar surface area (TPSA) is 12.5 Å². The molecule has 1 heterocycles. The van der Waals surface area contributed by atoms with E-state index >= 15 is 0 Å². The van der Waals surface area contributed by atoms with E-state index < -0.39 is 0 Å². The highest BCUT2D eigenvalue weighted by atomic mass is 79.9. The Morgan fingerprint density at radius 3 is 2.59 bits per heavy atom. The van der Waals surface area contributed by atoms with Gasteiger partial charge < -0.3 is 9.64 Å². The van der Waals surface area contributed by atoms with Crippen molar-refractivity contribution in [1.29, 1.82) is 0 Å². The Balaban J connectivity index is 2.53. The van der Waals surface area contributed by atoms with E-state index in [1.54, 1.807) is 0 Å². The van der Waals surface area contributed by atoms with Crippen molar-refractivity contribution >= 4 is 15.9 Å². The average molecular weight is 298 g/mol. The SMILES string of the molecule is Cc1cc2c(cc1Br)OC(C)(C)CC2N(C)C. The minimum absolute atomic E-state index is 0.101. The summed E-state index contributed by atoms with van der Waals surface area (Å²) in [4.78, 5) is 2.27. The maximum Gasteiger partial charge on any atom is 0.126 e. The molecule has 0 spiro atoms. The van der Waals surface area contributed by atoms with Crippen LogP contribution in [0.4, 0.5) is 0 Å². The molecule has 1 aliphatic rings. The molecule has 0 N–H and O–H groups in total. The van der Waals surface area contributed by atoms with Crippen LogP contribution >= 0.6 is 15.9 Å². The lowest BCUT2D eigenvalue weighted by Gasteiger charge is -2.40. The third-order valence-electron chi connectivity index (χ3n) is 3.34. The Hall–Kier alpha value is -0.540. The van der Waals surface area contributed by atoms with Crippen molar-refractivity contribution in [3.63, 3.8) is 0 Å². The molecule has 0 bridgehead atoms. The predicted molar refractivity (Wildman–Crippen MR) is 74.6 cm³/mol. The van der Waals surface area contributed by atoms with Crippen LogP contribution in [-0.2, 0) is 0 Å². The molecule has 2 rings (SSSR count). The van der Waals surface area contributed by atoms with Crippen LogP contribution in [-0.4, -0.2) is 24.6 Å². The summed E-state index contributed by atoms with van der Waals surface area (Å²) in [5.74, 6) is 1.01. The highest BCUT2D eigenvalue weighted by molar-refractivity contribution is 9.10. The van der Waals surface area contributed by atoms with Gasteiger partial charge in [-0.15, -0.1) is 0 Å². The fourth-order valence-corrected chi connectivity index (χ4v) is 2.73. The standard InChI is InChI=1S/C14H20BrNO/c1-9-6-10-12(16(4)5)8-14(2,3)17-13(10)7-11(9)15/h6-7,12H,8H2,1-5H3. The summed E-state index contributed by atoms with van der Waals surface area (Å²) in [6.07, 6.45) is 1.02. The third kappa shape index (κ3) is 2.50. The smallest absolute Gasteiger partial charge is 0.126 e. The zero-order chi connectivity index (χ0) is 12.8. The molecule has 94 valence electrons. The molecule has 0 amide bonds. The Kier molecular flexibility index (Phi) is 3.25. The number of ether oxygens (including phenoxy) is 1. The van der Waals surface area contributed by atoms with Crippen LogP contribution in [0, 0.1) is 6.92 Å². The van der Waals surface area contributed by atoms with Gasteiger partial charge in [0.15, 0.2) is 0 Å². The van der Waals surface area contributed by atoms with Crippen molar-refractivity contribution in [2.24, 2.45) is 0 Å². The van der Waals surface area contributed by atoms with E-state index in [-0.39, 0.29) is 5.60 Å². The maximum absolute atomic E-state index is 6.08. The quantitative estimate of drug-likeness (QED) is 0.779. The lowest BCUT2D eigenvalue weighted by molar-refractivity contribution is 0.0435. The number of nitrogens with zero attached hydrogens (tertiary/aromatic N) is 1. The van der Waals surface area contributed by atoms with Crippen LogP contribution in [0.3, 0.4) is 0 Å². The lowest BCUT2D eigenvalue weighted by atomic mass is 9.88. The Morgan fingerprint density at radius 2 is 2.00 bits per heavy atom. The highest BCUT2D eigenvalue weighted by Gasteiger charge is 2.35. The zero-order valence-electron chi connectivity index (χ0n) is 11.2. The van der Waals surface area contributed by atoms with E-state index in [0.717, 1.165) is 16.6 Å². The average Bonchev–Trinajstić information content (AvgIpc) is 2.18. The first-order chi connectivity index (χ1) is 7.80. The summed E-state index contributed by atoms with van der Waals surface area (Å²) in [6.45, 7) is 6.43. The van der Waals surface area contributed by atoms with Gasteiger partial charge in [-0.1, -0.05) is 15.9 Å². The minimum atomic E-state index is -0.101. The van der Waals surface area contributed by atoms with Crippen molar-refractivity contribution < 1.29 is 4.74 Å². The van der Waals surface area contributed by atoms with E-state index in [1.807, 2.05) is 0 Å². The van der Waals surface area contributed by atoms with Crippen LogP contribution in [0.5, 0.6) is 5.75 Å². The molecular weight excluding hydrogens is 278 g/mol. The first-order valence-corrected chi connectivity index (χ1v) is 6.75. The van der Waals surface area contributed by atoms with Gasteiger partial charge in [-0.3, -0.25) is 0 Å². The lowest BCUT2D eigenvalue weighted by Crippen LogP contribution is -2.39. The molecule has 1 aromatic carbocycles. The molecule has 17 heavy (non-hydrogen) atoms. The minimum Gasteiger partial charge on any atom is -0.487 e. The first-order valence-electron chi connectivity index (χ1n) is 5.96. The van der Waals surface area contributed by atoms with E-state index in [9.17, 15) is 0 Å². The molecule has 0 aliphatic carbocycles. The van der Waals surface area contributed by atoms with Gasteiger partial charge >= 0.3 is 0 Å².